The fraction of sp³-hybridized carbons (Fsp3) is 0.0500. The van der Waals surface area contributed by atoms with Crippen LogP contribution in [0.2, 0.25) is 0 Å². The molecule has 100 valence electrons. The van der Waals surface area contributed by atoms with Crippen LogP contribution in [-0.4, -0.2) is 4.98 Å². The maximum atomic E-state index is 4.48. The molecule has 0 bridgehead atoms. The van der Waals surface area contributed by atoms with E-state index in [9.17, 15) is 0 Å². The van der Waals surface area contributed by atoms with E-state index in [-0.39, 0.29) is 0 Å². The minimum atomic E-state index is 1.03. The van der Waals surface area contributed by atoms with Crippen molar-refractivity contribution >= 4 is 21.5 Å². The lowest BCUT2D eigenvalue weighted by Crippen LogP contribution is -1.85. The van der Waals surface area contributed by atoms with Gasteiger partial charge in [-0.2, -0.15) is 0 Å². The van der Waals surface area contributed by atoms with Gasteiger partial charge in [0.2, 0.25) is 0 Å². The summed E-state index contributed by atoms with van der Waals surface area (Å²) in [4.78, 5) is 4.48. The Balaban J connectivity index is 1.97. The normalized spacial score (nSPS) is 11.1. The van der Waals surface area contributed by atoms with Gasteiger partial charge in [0.15, 0.2) is 0 Å². The van der Waals surface area contributed by atoms with Gasteiger partial charge in [-0.15, -0.1) is 0 Å². The molecule has 0 unspecified atom stereocenters. The van der Waals surface area contributed by atoms with Gasteiger partial charge in [-0.05, 0) is 52.2 Å². The first-order valence-corrected chi connectivity index (χ1v) is 7.16. The maximum Gasteiger partial charge on any atom is 0.0704 e. The number of hydrogen-bond donors (Lipinski definition) is 0. The molecular formula is C20H15N. The van der Waals surface area contributed by atoms with E-state index in [1.807, 2.05) is 12.3 Å². The average molecular weight is 269 g/mol. The van der Waals surface area contributed by atoms with E-state index in [1.165, 1.54) is 32.7 Å². The lowest BCUT2D eigenvalue weighted by Gasteiger charge is -2.07. The van der Waals surface area contributed by atoms with Crippen LogP contribution >= 0.6 is 0 Å². The van der Waals surface area contributed by atoms with Crippen molar-refractivity contribution in [1.29, 1.82) is 0 Å². The Morgan fingerprint density at radius 1 is 0.714 bits per heavy atom. The molecule has 0 aliphatic rings. The molecule has 0 aliphatic carbocycles. The van der Waals surface area contributed by atoms with Crippen molar-refractivity contribution in [3.05, 3.63) is 78.5 Å². The van der Waals surface area contributed by atoms with E-state index < -0.39 is 0 Å². The molecule has 1 nitrogen and oxygen atoms in total. The van der Waals surface area contributed by atoms with Crippen LogP contribution in [0, 0.1) is 6.92 Å². The van der Waals surface area contributed by atoms with Crippen LogP contribution in [0.1, 0.15) is 5.56 Å². The van der Waals surface area contributed by atoms with Gasteiger partial charge < -0.3 is 0 Å². The van der Waals surface area contributed by atoms with Crippen LogP contribution < -0.4 is 0 Å². The smallest absolute Gasteiger partial charge is 0.0704 e. The molecule has 1 heterocycles. The van der Waals surface area contributed by atoms with Gasteiger partial charge in [0, 0.05) is 11.8 Å². The van der Waals surface area contributed by atoms with Crippen LogP contribution in [0.3, 0.4) is 0 Å². The highest BCUT2D eigenvalue weighted by molar-refractivity contribution is 6.08. The molecular weight excluding hydrogens is 254 g/mol. The number of nitrogens with zero attached hydrogens (tertiary/aromatic N) is 1. The largest absolute Gasteiger partial charge is 0.256 e. The highest BCUT2D eigenvalue weighted by Gasteiger charge is 2.04. The molecule has 4 rings (SSSR count). The standard InChI is InChI=1S/C20H15N/c1-14-10-11-21-20(12-14)17-8-9-19-16(13-17)7-6-15-4-2-3-5-18(15)19/h2-13H,1H3. The zero-order valence-electron chi connectivity index (χ0n) is 11.9. The maximum absolute atomic E-state index is 4.48. The highest BCUT2D eigenvalue weighted by Crippen LogP contribution is 2.29. The summed E-state index contributed by atoms with van der Waals surface area (Å²) >= 11 is 0. The fourth-order valence-electron chi connectivity index (χ4n) is 2.87. The van der Waals surface area contributed by atoms with Crippen LogP contribution in [0.15, 0.2) is 72.9 Å². The van der Waals surface area contributed by atoms with Crippen molar-refractivity contribution in [2.75, 3.05) is 0 Å². The van der Waals surface area contributed by atoms with Gasteiger partial charge in [0.05, 0.1) is 5.69 Å². The molecule has 21 heavy (non-hydrogen) atoms. The predicted octanol–water partition coefficient (Wildman–Crippen LogP) is 5.36. The third-order valence-electron chi connectivity index (χ3n) is 3.96. The molecule has 0 amide bonds. The molecule has 0 spiro atoms. The van der Waals surface area contributed by atoms with Crippen LogP contribution in [-0.2, 0) is 0 Å². The Morgan fingerprint density at radius 3 is 2.43 bits per heavy atom. The second-order valence-corrected chi connectivity index (χ2v) is 5.44. The third kappa shape index (κ3) is 2.07. The SMILES string of the molecule is Cc1ccnc(-c2ccc3c(ccc4ccccc43)c2)c1. The van der Waals surface area contributed by atoms with E-state index in [0.29, 0.717) is 0 Å². The number of hydrogen-bond acceptors (Lipinski definition) is 1. The molecule has 4 aromatic rings. The molecule has 0 N–H and O–H groups in total. The number of aromatic nitrogens is 1. The van der Waals surface area contributed by atoms with Gasteiger partial charge in [0.25, 0.3) is 0 Å². The number of aryl methyl sites for hydroxylation is 1. The predicted molar refractivity (Wildman–Crippen MR) is 89.4 cm³/mol. The summed E-state index contributed by atoms with van der Waals surface area (Å²) in [6.45, 7) is 2.10. The van der Waals surface area contributed by atoms with Crippen LogP contribution in [0.25, 0.3) is 32.8 Å². The summed E-state index contributed by atoms with van der Waals surface area (Å²) in [5, 5.41) is 5.14. The molecule has 0 saturated heterocycles. The summed E-state index contributed by atoms with van der Waals surface area (Å²) in [5.74, 6) is 0. The molecule has 0 aliphatic heterocycles. The zero-order chi connectivity index (χ0) is 14.2. The van der Waals surface area contributed by atoms with Gasteiger partial charge >= 0.3 is 0 Å². The van der Waals surface area contributed by atoms with Gasteiger partial charge in [-0.1, -0.05) is 48.5 Å². The molecule has 1 aromatic heterocycles. The first-order valence-electron chi connectivity index (χ1n) is 7.16. The summed E-state index contributed by atoms with van der Waals surface area (Å²) < 4.78 is 0. The second-order valence-electron chi connectivity index (χ2n) is 5.44. The summed E-state index contributed by atoms with van der Waals surface area (Å²) in [6, 6.07) is 23.6. The number of pyridine rings is 1. The molecule has 0 fully saturated rings. The Hall–Kier alpha value is -2.67. The summed E-state index contributed by atoms with van der Waals surface area (Å²) in [5.41, 5.74) is 3.44. The van der Waals surface area contributed by atoms with Crippen molar-refractivity contribution in [2.45, 2.75) is 6.92 Å². The van der Waals surface area contributed by atoms with E-state index in [2.05, 4.69) is 72.6 Å². The zero-order valence-corrected chi connectivity index (χ0v) is 11.9. The van der Waals surface area contributed by atoms with Gasteiger partial charge in [0.1, 0.15) is 0 Å². The molecule has 0 radical (unpaired) electrons. The lowest BCUT2D eigenvalue weighted by atomic mass is 9.99. The highest BCUT2D eigenvalue weighted by atomic mass is 14.7. The van der Waals surface area contributed by atoms with Crippen molar-refractivity contribution in [1.82, 2.24) is 4.98 Å². The van der Waals surface area contributed by atoms with E-state index in [0.717, 1.165) is 5.69 Å². The third-order valence-corrected chi connectivity index (χ3v) is 3.96. The van der Waals surface area contributed by atoms with Crippen LogP contribution in [0.5, 0.6) is 0 Å². The van der Waals surface area contributed by atoms with Crippen molar-refractivity contribution in [3.8, 4) is 11.3 Å². The molecule has 3 aromatic carbocycles. The van der Waals surface area contributed by atoms with Gasteiger partial charge in [-0.3, -0.25) is 4.98 Å². The van der Waals surface area contributed by atoms with Crippen molar-refractivity contribution in [2.24, 2.45) is 0 Å². The number of benzene rings is 3. The van der Waals surface area contributed by atoms with Crippen LogP contribution in [0.4, 0.5) is 0 Å². The van der Waals surface area contributed by atoms with Crippen molar-refractivity contribution < 1.29 is 0 Å². The molecule has 1 heteroatoms. The topological polar surface area (TPSA) is 12.9 Å². The Labute approximate surface area is 123 Å². The number of fused-ring (bicyclic) bond motifs is 3. The second kappa shape index (κ2) is 4.71. The van der Waals surface area contributed by atoms with Crippen molar-refractivity contribution in [3.63, 3.8) is 0 Å². The monoisotopic (exact) mass is 269 g/mol. The van der Waals surface area contributed by atoms with Gasteiger partial charge in [-0.25, -0.2) is 0 Å². The van der Waals surface area contributed by atoms with E-state index in [1.54, 1.807) is 0 Å². The Morgan fingerprint density at radius 2 is 1.52 bits per heavy atom. The minimum Gasteiger partial charge on any atom is -0.256 e. The minimum absolute atomic E-state index is 1.03. The first-order chi connectivity index (χ1) is 10.3. The fourth-order valence-corrected chi connectivity index (χ4v) is 2.87. The quantitative estimate of drug-likeness (QED) is 0.424. The Bertz CT molecular complexity index is 954. The lowest BCUT2D eigenvalue weighted by molar-refractivity contribution is 1.29. The molecule has 0 atom stereocenters. The molecule has 0 saturated carbocycles. The van der Waals surface area contributed by atoms with E-state index >= 15 is 0 Å². The number of rotatable bonds is 1. The summed E-state index contributed by atoms with van der Waals surface area (Å²) in [7, 11) is 0. The first kappa shape index (κ1) is 12.1. The summed E-state index contributed by atoms with van der Waals surface area (Å²) in [6.07, 6.45) is 1.87. The van der Waals surface area contributed by atoms with E-state index in [4.69, 9.17) is 0 Å². The Kier molecular flexibility index (Phi) is 2.71. The average Bonchev–Trinajstić information content (AvgIpc) is 2.54.